The third-order valence-corrected chi connectivity index (χ3v) is 3.04. The van der Waals surface area contributed by atoms with Gasteiger partial charge in [-0.25, -0.2) is 0 Å². The molecule has 0 nitrogen and oxygen atoms in total. The van der Waals surface area contributed by atoms with E-state index in [0.29, 0.717) is 0 Å². The molecule has 1 rings (SSSR count). The summed E-state index contributed by atoms with van der Waals surface area (Å²) in [6, 6.07) is 2.21. The van der Waals surface area contributed by atoms with Crippen LogP contribution in [0.15, 0.2) is 23.9 Å². The maximum absolute atomic E-state index is 12.7. The van der Waals surface area contributed by atoms with Crippen LogP contribution in [0.3, 0.4) is 0 Å². The Bertz CT molecular complexity index is 474. The molecule has 1 aromatic rings. The van der Waals surface area contributed by atoms with Crippen LogP contribution in [-0.4, -0.2) is 6.18 Å². The first kappa shape index (κ1) is 14.5. The molecule has 0 unspecified atom stereocenters. The lowest BCUT2D eigenvalue weighted by atomic mass is 10.1. The Balaban J connectivity index is 3.47. The van der Waals surface area contributed by atoms with E-state index >= 15 is 0 Å². The summed E-state index contributed by atoms with van der Waals surface area (Å²) >= 11 is 17.0. The minimum Gasteiger partial charge on any atom is -0.165 e. The van der Waals surface area contributed by atoms with E-state index in [9.17, 15) is 13.2 Å². The van der Waals surface area contributed by atoms with Gasteiger partial charge in [0.15, 0.2) is 0 Å². The third-order valence-electron chi connectivity index (χ3n) is 1.84. The van der Waals surface area contributed by atoms with Crippen LogP contribution in [0.2, 0.25) is 15.1 Å². The van der Waals surface area contributed by atoms with Crippen molar-refractivity contribution in [1.29, 1.82) is 0 Å². The molecule has 92 valence electrons. The van der Waals surface area contributed by atoms with Gasteiger partial charge < -0.3 is 0 Å². The van der Waals surface area contributed by atoms with Crippen molar-refractivity contribution in [3.63, 3.8) is 0 Å². The zero-order valence-corrected chi connectivity index (χ0v) is 10.8. The number of halogens is 6. The van der Waals surface area contributed by atoms with Gasteiger partial charge in [-0.3, -0.25) is 0 Å². The molecule has 0 saturated heterocycles. The second-order valence-electron chi connectivity index (χ2n) is 3.06. The van der Waals surface area contributed by atoms with Gasteiger partial charge >= 0.3 is 6.18 Å². The highest BCUT2D eigenvalue weighted by Crippen LogP contribution is 2.38. The number of rotatable bonds is 1. The normalized spacial score (nSPS) is 11.0. The number of allylic oxidation sites excluding steroid dienone is 1. The van der Waals surface area contributed by atoms with Gasteiger partial charge in [0.05, 0.1) is 15.1 Å². The largest absolute Gasteiger partial charge is 0.424 e. The van der Waals surface area contributed by atoms with E-state index in [0.717, 1.165) is 12.1 Å². The maximum Gasteiger partial charge on any atom is 0.424 e. The van der Waals surface area contributed by atoms with Gasteiger partial charge in [-0.1, -0.05) is 34.8 Å². The van der Waals surface area contributed by atoms with Gasteiger partial charge in [-0.2, -0.15) is 13.2 Å². The molecule has 17 heavy (non-hydrogen) atoms. The lowest BCUT2D eigenvalue weighted by Gasteiger charge is -2.11. The predicted molar refractivity (Wildman–Crippen MR) is 64.7 cm³/mol. The van der Waals surface area contributed by atoms with Crippen molar-refractivity contribution in [1.82, 2.24) is 0 Å². The molecule has 0 aliphatic carbocycles. The Morgan fingerprint density at radius 1 is 1.18 bits per heavy atom. The minimum atomic E-state index is -4.53. The molecular formula is C11H6Cl3F3. The number of hydrogen-bond donors (Lipinski definition) is 0. The van der Waals surface area contributed by atoms with Gasteiger partial charge in [0.25, 0.3) is 0 Å². The van der Waals surface area contributed by atoms with Crippen LogP contribution in [0, 0.1) is 0 Å². The molecule has 0 atom stereocenters. The molecule has 0 aromatic heterocycles. The summed E-state index contributed by atoms with van der Waals surface area (Å²) in [4.78, 5) is 0. The molecule has 0 bridgehead atoms. The second-order valence-corrected chi connectivity index (χ2v) is 4.25. The first-order valence-electron chi connectivity index (χ1n) is 4.40. The molecule has 0 spiro atoms. The van der Waals surface area contributed by atoms with Gasteiger partial charge in [0.1, 0.15) is 5.57 Å². The smallest absolute Gasteiger partial charge is 0.165 e. The summed E-state index contributed by atoms with van der Waals surface area (Å²) in [6.07, 6.45) is -3.37. The molecule has 0 amide bonds. The lowest BCUT2D eigenvalue weighted by molar-refractivity contribution is -0.0687. The van der Waals surface area contributed by atoms with Crippen molar-refractivity contribution < 1.29 is 13.2 Å². The van der Waals surface area contributed by atoms with Gasteiger partial charge in [0, 0.05) is 0 Å². The van der Waals surface area contributed by atoms with Crippen LogP contribution >= 0.6 is 34.8 Å². The number of alkyl halides is 3. The highest BCUT2D eigenvalue weighted by molar-refractivity contribution is 6.48. The Kier molecular flexibility index (Phi) is 4.56. The molecule has 0 saturated carbocycles. The van der Waals surface area contributed by atoms with Crippen molar-refractivity contribution in [3.05, 3.63) is 44.6 Å². The molecule has 0 heterocycles. The predicted octanol–water partition coefficient (Wildman–Crippen LogP) is 5.77. The van der Waals surface area contributed by atoms with E-state index in [1.165, 1.54) is 13.0 Å². The van der Waals surface area contributed by atoms with Crippen molar-refractivity contribution in [2.75, 3.05) is 0 Å². The fourth-order valence-electron chi connectivity index (χ4n) is 1.17. The molecule has 1 aromatic carbocycles. The van der Waals surface area contributed by atoms with Gasteiger partial charge in [-0.05, 0) is 30.7 Å². The Labute approximate surface area is 111 Å². The van der Waals surface area contributed by atoms with Crippen LogP contribution in [0.4, 0.5) is 13.2 Å². The van der Waals surface area contributed by atoms with Crippen LogP contribution < -0.4 is 0 Å². The number of hydrogen-bond acceptors (Lipinski definition) is 0. The Morgan fingerprint density at radius 3 is 2.00 bits per heavy atom. The first-order chi connectivity index (χ1) is 7.77. The molecule has 0 fully saturated rings. The van der Waals surface area contributed by atoms with Crippen molar-refractivity contribution >= 4 is 40.4 Å². The molecular weight excluding hydrogens is 295 g/mol. The lowest BCUT2D eigenvalue weighted by Crippen LogP contribution is -2.10. The number of benzene rings is 1. The Morgan fingerprint density at radius 2 is 1.65 bits per heavy atom. The van der Waals surface area contributed by atoms with Crippen molar-refractivity contribution in [2.24, 2.45) is 0 Å². The third kappa shape index (κ3) is 3.43. The zero-order chi connectivity index (χ0) is 13.2. The van der Waals surface area contributed by atoms with Gasteiger partial charge in [0.2, 0.25) is 0 Å². The summed E-state index contributed by atoms with van der Waals surface area (Å²) in [6.45, 7) is 1.44. The zero-order valence-electron chi connectivity index (χ0n) is 8.50. The highest BCUT2D eigenvalue weighted by atomic mass is 35.5. The van der Waals surface area contributed by atoms with Crippen molar-refractivity contribution in [3.8, 4) is 0 Å². The van der Waals surface area contributed by atoms with E-state index in [-0.39, 0.29) is 20.6 Å². The van der Waals surface area contributed by atoms with E-state index < -0.39 is 11.7 Å². The minimum absolute atomic E-state index is 0.0269. The van der Waals surface area contributed by atoms with E-state index in [1.807, 2.05) is 0 Å². The monoisotopic (exact) mass is 300 g/mol. The van der Waals surface area contributed by atoms with Crippen LogP contribution in [-0.2, 0) is 0 Å². The topological polar surface area (TPSA) is 0 Å². The van der Waals surface area contributed by atoms with Gasteiger partial charge in [-0.15, -0.1) is 5.73 Å². The molecule has 6 heteroatoms. The Hall–Kier alpha value is -0.600. The molecule has 0 N–H and O–H groups in total. The summed E-state index contributed by atoms with van der Waals surface area (Å²) in [5.41, 5.74) is 1.00. The first-order valence-corrected chi connectivity index (χ1v) is 5.54. The van der Waals surface area contributed by atoms with Crippen LogP contribution in [0.25, 0.3) is 5.57 Å². The standard InChI is InChI=1S/C11H6Cl3F3/c1-2-3-7(11(15,16)17)6-4-8(12)10(14)9(13)5-6/h2,4-5H,1H3. The summed E-state index contributed by atoms with van der Waals surface area (Å²) in [5, 5.41) is -0.0401. The van der Waals surface area contributed by atoms with Crippen LogP contribution in [0.1, 0.15) is 12.5 Å². The average Bonchev–Trinajstić information content (AvgIpc) is 2.20. The molecule has 0 aliphatic heterocycles. The SMILES string of the molecule is CC=C=C(c1cc(Cl)c(Cl)c(Cl)c1)C(F)(F)F. The second kappa shape index (κ2) is 5.36. The maximum atomic E-state index is 12.7. The van der Waals surface area contributed by atoms with Crippen LogP contribution in [0.5, 0.6) is 0 Å². The fraction of sp³-hybridized carbons (Fsp3) is 0.182. The summed E-state index contributed by atoms with van der Waals surface area (Å²) < 4.78 is 38.2. The quantitative estimate of drug-likeness (QED) is 0.456. The van der Waals surface area contributed by atoms with E-state index in [2.05, 4.69) is 5.73 Å². The fourth-order valence-corrected chi connectivity index (χ4v) is 1.77. The van der Waals surface area contributed by atoms with Crippen molar-refractivity contribution in [2.45, 2.75) is 13.1 Å². The summed E-state index contributed by atoms with van der Waals surface area (Å²) in [5.74, 6) is 0. The molecule has 0 radical (unpaired) electrons. The average molecular weight is 302 g/mol. The van der Waals surface area contributed by atoms with E-state index in [4.69, 9.17) is 34.8 Å². The highest BCUT2D eigenvalue weighted by Gasteiger charge is 2.35. The summed E-state index contributed by atoms with van der Waals surface area (Å²) in [7, 11) is 0. The molecule has 0 aliphatic rings. The van der Waals surface area contributed by atoms with E-state index in [1.54, 1.807) is 0 Å².